The van der Waals surface area contributed by atoms with E-state index in [-0.39, 0.29) is 39.9 Å². The second-order valence-corrected chi connectivity index (χ2v) is 7.99. The summed E-state index contributed by atoms with van der Waals surface area (Å²) in [6.45, 7) is -0.212. The number of carbonyl (C=O) groups is 2. The molecule has 31 heavy (non-hydrogen) atoms. The SMILES string of the molecule is COc1ccc(NC(=O)CN2C(=O)/C(=C/c3cc(OC)c(O)c(OC)c3)SC2=S)cc1. The van der Waals surface area contributed by atoms with Crippen LogP contribution in [0.2, 0.25) is 0 Å². The number of hydrogen-bond donors (Lipinski definition) is 2. The molecule has 10 heteroatoms. The number of ether oxygens (including phenoxy) is 3. The van der Waals surface area contributed by atoms with Crippen LogP contribution in [0.15, 0.2) is 41.3 Å². The van der Waals surface area contributed by atoms with Gasteiger partial charge in [-0.15, -0.1) is 0 Å². The minimum Gasteiger partial charge on any atom is -0.502 e. The summed E-state index contributed by atoms with van der Waals surface area (Å²) >= 11 is 6.38. The van der Waals surface area contributed by atoms with E-state index >= 15 is 0 Å². The number of phenolic OH excluding ortho intramolecular Hbond substituents is 1. The number of rotatable bonds is 7. The van der Waals surface area contributed by atoms with Gasteiger partial charge in [0.1, 0.15) is 16.6 Å². The Morgan fingerprint density at radius 2 is 1.74 bits per heavy atom. The van der Waals surface area contributed by atoms with Crippen LogP contribution in [0.5, 0.6) is 23.0 Å². The van der Waals surface area contributed by atoms with Gasteiger partial charge in [0, 0.05) is 5.69 Å². The highest BCUT2D eigenvalue weighted by atomic mass is 32.2. The van der Waals surface area contributed by atoms with Gasteiger partial charge in [-0.25, -0.2) is 0 Å². The fraction of sp³-hybridized carbons (Fsp3) is 0.190. The van der Waals surface area contributed by atoms with Gasteiger partial charge in [0.15, 0.2) is 11.5 Å². The molecule has 2 aromatic rings. The number of phenols is 1. The lowest BCUT2D eigenvalue weighted by molar-refractivity contribution is -0.126. The summed E-state index contributed by atoms with van der Waals surface area (Å²) in [5.74, 6) is 0.189. The molecule has 0 aromatic heterocycles. The molecule has 8 nitrogen and oxygen atoms in total. The van der Waals surface area contributed by atoms with Gasteiger partial charge < -0.3 is 24.6 Å². The van der Waals surface area contributed by atoms with Crippen LogP contribution in [0.3, 0.4) is 0 Å². The van der Waals surface area contributed by atoms with E-state index in [2.05, 4.69) is 5.32 Å². The molecule has 0 saturated carbocycles. The minimum absolute atomic E-state index is 0.134. The molecule has 2 N–H and O–H groups in total. The number of hydrogen-bond acceptors (Lipinski definition) is 8. The van der Waals surface area contributed by atoms with Gasteiger partial charge in [-0.05, 0) is 48.0 Å². The van der Waals surface area contributed by atoms with E-state index in [0.29, 0.717) is 21.9 Å². The van der Waals surface area contributed by atoms with E-state index in [1.54, 1.807) is 49.6 Å². The molecule has 1 fully saturated rings. The topological polar surface area (TPSA) is 97.3 Å². The first-order valence-corrected chi connectivity index (χ1v) is 10.2. The van der Waals surface area contributed by atoms with Crippen molar-refractivity contribution in [2.75, 3.05) is 33.2 Å². The number of benzene rings is 2. The molecule has 3 rings (SSSR count). The number of nitrogens with zero attached hydrogens (tertiary/aromatic N) is 1. The number of thioether (sulfide) groups is 1. The Hall–Kier alpha value is -3.24. The monoisotopic (exact) mass is 460 g/mol. The summed E-state index contributed by atoms with van der Waals surface area (Å²) in [4.78, 5) is 26.8. The smallest absolute Gasteiger partial charge is 0.266 e. The summed E-state index contributed by atoms with van der Waals surface area (Å²) in [6.07, 6.45) is 1.60. The Kier molecular flexibility index (Phi) is 7.03. The predicted octanol–water partition coefficient (Wildman–Crippen LogP) is 3.26. The maximum atomic E-state index is 12.8. The van der Waals surface area contributed by atoms with Crippen LogP contribution in [0.1, 0.15) is 5.56 Å². The molecule has 1 heterocycles. The van der Waals surface area contributed by atoms with E-state index < -0.39 is 0 Å². The van der Waals surface area contributed by atoms with Crippen molar-refractivity contribution >= 4 is 51.9 Å². The van der Waals surface area contributed by atoms with Crippen LogP contribution < -0.4 is 19.5 Å². The second kappa shape index (κ2) is 9.71. The molecule has 0 unspecified atom stereocenters. The third-order valence-electron chi connectivity index (χ3n) is 4.35. The van der Waals surface area contributed by atoms with Gasteiger partial charge in [0.25, 0.3) is 5.91 Å². The molecule has 1 saturated heterocycles. The van der Waals surface area contributed by atoms with Crippen LogP contribution in [-0.2, 0) is 9.59 Å². The van der Waals surface area contributed by atoms with Gasteiger partial charge in [-0.1, -0.05) is 24.0 Å². The second-order valence-electron chi connectivity index (χ2n) is 6.32. The van der Waals surface area contributed by atoms with Gasteiger partial charge in [0.05, 0.1) is 26.2 Å². The van der Waals surface area contributed by atoms with E-state index in [4.69, 9.17) is 26.4 Å². The first-order chi connectivity index (χ1) is 14.9. The maximum Gasteiger partial charge on any atom is 0.266 e. The highest BCUT2D eigenvalue weighted by molar-refractivity contribution is 8.26. The Labute approximate surface area is 188 Å². The molecule has 0 aliphatic carbocycles. The van der Waals surface area contributed by atoms with Crippen molar-refractivity contribution in [3.05, 3.63) is 46.9 Å². The Bertz CT molecular complexity index is 1030. The molecule has 162 valence electrons. The van der Waals surface area contributed by atoms with Gasteiger partial charge in [0.2, 0.25) is 11.7 Å². The van der Waals surface area contributed by atoms with E-state index in [1.165, 1.54) is 19.1 Å². The number of anilines is 1. The van der Waals surface area contributed by atoms with Crippen molar-refractivity contribution in [1.29, 1.82) is 0 Å². The molecule has 1 aliphatic heterocycles. The summed E-state index contributed by atoms with van der Waals surface area (Å²) in [5, 5.41) is 12.8. The zero-order chi connectivity index (χ0) is 22.5. The largest absolute Gasteiger partial charge is 0.502 e. The first kappa shape index (κ1) is 22.4. The zero-order valence-corrected chi connectivity index (χ0v) is 18.6. The number of amides is 2. The standard InChI is InChI=1S/C21H20N2O6S2/c1-27-14-6-4-13(5-7-14)22-18(24)11-23-20(26)17(31-21(23)30)10-12-8-15(28-2)19(25)16(9-12)29-3/h4-10,25H,11H2,1-3H3,(H,22,24)/b17-10-. The third kappa shape index (κ3) is 5.09. The lowest BCUT2D eigenvalue weighted by Gasteiger charge is -2.14. The summed E-state index contributed by atoms with van der Waals surface area (Å²) in [5.41, 5.74) is 1.16. The Morgan fingerprint density at radius 1 is 1.13 bits per heavy atom. The molecule has 0 atom stereocenters. The fourth-order valence-electron chi connectivity index (χ4n) is 2.80. The van der Waals surface area contributed by atoms with E-state index in [0.717, 1.165) is 11.8 Å². The molecule has 0 radical (unpaired) electrons. The number of methoxy groups -OCH3 is 3. The van der Waals surface area contributed by atoms with E-state index in [1.807, 2.05) is 0 Å². The molecular weight excluding hydrogens is 440 g/mol. The van der Waals surface area contributed by atoms with Crippen LogP contribution in [0.25, 0.3) is 6.08 Å². The van der Waals surface area contributed by atoms with E-state index in [9.17, 15) is 14.7 Å². The van der Waals surface area contributed by atoms with Crippen molar-refractivity contribution in [3.8, 4) is 23.0 Å². The summed E-state index contributed by atoms with van der Waals surface area (Å²) in [7, 11) is 4.39. The molecule has 1 aliphatic rings. The normalized spacial score (nSPS) is 14.7. The minimum atomic E-state index is -0.383. The lowest BCUT2D eigenvalue weighted by atomic mass is 10.1. The van der Waals surface area contributed by atoms with Gasteiger partial charge in [-0.3, -0.25) is 14.5 Å². The highest BCUT2D eigenvalue weighted by Gasteiger charge is 2.33. The lowest BCUT2D eigenvalue weighted by Crippen LogP contribution is -2.36. The quantitative estimate of drug-likeness (QED) is 0.480. The molecule has 2 amide bonds. The van der Waals surface area contributed by atoms with Crippen molar-refractivity contribution in [2.24, 2.45) is 0 Å². The zero-order valence-electron chi connectivity index (χ0n) is 17.0. The molecule has 0 bridgehead atoms. The Morgan fingerprint density at radius 3 is 2.29 bits per heavy atom. The van der Waals surface area contributed by atoms with Crippen molar-refractivity contribution in [3.63, 3.8) is 0 Å². The average Bonchev–Trinajstić information content (AvgIpc) is 3.02. The van der Waals surface area contributed by atoms with Gasteiger partial charge >= 0.3 is 0 Å². The van der Waals surface area contributed by atoms with Crippen molar-refractivity contribution in [1.82, 2.24) is 4.90 Å². The fourth-order valence-corrected chi connectivity index (χ4v) is 4.06. The first-order valence-electron chi connectivity index (χ1n) is 9.00. The van der Waals surface area contributed by atoms with Crippen LogP contribution in [-0.4, -0.2) is 54.0 Å². The molecule has 0 spiro atoms. The van der Waals surface area contributed by atoms with Crippen molar-refractivity contribution in [2.45, 2.75) is 0 Å². The van der Waals surface area contributed by atoms with Crippen molar-refractivity contribution < 1.29 is 28.9 Å². The number of aromatic hydroxyl groups is 1. The molecular formula is C21H20N2O6S2. The Balaban J connectivity index is 1.73. The average molecular weight is 461 g/mol. The number of nitrogens with one attached hydrogen (secondary N) is 1. The summed E-state index contributed by atoms with van der Waals surface area (Å²) in [6, 6.07) is 9.98. The number of thiocarbonyl (C=S) groups is 1. The molecule has 2 aromatic carbocycles. The number of carbonyl (C=O) groups excluding carboxylic acids is 2. The highest BCUT2D eigenvalue weighted by Crippen LogP contribution is 2.39. The third-order valence-corrected chi connectivity index (χ3v) is 5.73. The maximum absolute atomic E-state index is 12.8. The van der Waals surface area contributed by atoms with Gasteiger partial charge in [-0.2, -0.15) is 0 Å². The predicted molar refractivity (Wildman–Crippen MR) is 123 cm³/mol. The van der Waals surface area contributed by atoms with Crippen LogP contribution >= 0.6 is 24.0 Å². The van der Waals surface area contributed by atoms with Crippen LogP contribution in [0.4, 0.5) is 5.69 Å². The van der Waals surface area contributed by atoms with Crippen LogP contribution in [0, 0.1) is 0 Å². The summed E-state index contributed by atoms with van der Waals surface area (Å²) < 4.78 is 15.6.